The van der Waals surface area contributed by atoms with Crippen molar-refractivity contribution in [3.63, 3.8) is 0 Å². The van der Waals surface area contributed by atoms with Crippen LogP contribution in [-0.2, 0) is 20.8 Å². The van der Waals surface area contributed by atoms with Crippen molar-refractivity contribution in [3.05, 3.63) is 47.5 Å². The standard InChI is InChI=1S/C23H25N5O5/c1-5-14-8-6-7-13(2)19(14)24-18(29)12-27-21-20(25-26-27)22(30)28(23(21)31)15-9-10-16(32-3)17(11-15)33-4/h6-11,20-21H,5,12H2,1-4H3,(H,24,29)/t20-,21-/m0/s1. The van der Waals surface area contributed by atoms with E-state index < -0.39 is 23.9 Å². The molecule has 1 saturated heterocycles. The Morgan fingerprint density at radius 2 is 1.85 bits per heavy atom. The molecule has 10 heteroatoms. The van der Waals surface area contributed by atoms with Crippen molar-refractivity contribution in [2.24, 2.45) is 10.3 Å². The van der Waals surface area contributed by atoms with Crippen LogP contribution in [0.5, 0.6) is 11.5 Å². The molecule has 3 amide bonds. The molecule has 0 saturated carbocycles. The SMILES string of the molecule is CCc1cccc(C)c1NC(=O)CN1N=N[C@@H]2C(=O)N(c3ccc(OC)c(OC)c3)C(=O)[C@H]21. The molecular weight excluding hydrogens is 426 g/mol. The minimum Gasteiger partial charge on any atom is -0.493 e. The van der Waals surface area contributed by atoms with E-state index >= 15 is 0 Å². The number of fused-ring (bicyclic) bond motifs is 1. The molecule has 0 radical (unpaired) electrons. The Bertz CT molecular complexity index is 1150. The molecule has 0 aromatic heterocycles. The van der Waals surface area contributed by atoms with Gasteiger partial charge in [-0.3, -0.25) is 19.4 Å². The molecule has 0 aliphatic carbocycles. The lowest BCUT2D eigenvalue weighted by Crippen LogP contribution is -2.43. The Morgan fingerprint density at radius 3 is 2.55 bits per heavy atom. The molecule has 33 heavy (non-hydrogen) atoms. The third-order valence-corrected chi connectivity index (χ3v) is 5.79. The number of ether oxygens (including phenoxy) is 2. The fraction of sp³-hybridized carbons (Fsp3) is 0.348. The Balaban J connectivity index is 1.52. The Morgan fingerprint density at radius 1 is 1.09 bits per heavy atom. The Labute approximate surface area is 191 Å². The largest absolute Gasteiger partial charge is 0.493 e. The van der Waals surface area contributed by atoms with Crippen molar-refractivity contribution >= 4 is 29.1 Å². The third-order valence-electron chi connectivity index (χ3n) is 5.79. The predicted molar refractivity (Wildman–Crippen MR) is 120 cm³/mol. The van der Waals surface area contributed by atoms with Gasteiger partial charge in [-0.15, -0.1) is 0 Å². The van der Waals surface area contributed by atoms with Gasteiger partial charge in [0.2, 0.25) is 5.91 Å². The molecule has 1 fully saturated rings. The van der Waals surface area contributed by atoms with Crippen molar-refractivity contribution in [1.29, 1.82) is 0 Å². The molecule has 0 bridgehead atoms. The van der Waals surface area contributed by atoms with Gasteiger partial charge in [0, 0.05) is 11.8 Å². The quantitative estimate of drug-likeness (QED) is 0.647. The highest BCUT2D eigenvalue weighted by Crippen LogP contribution is 2.36. The number of hydrogen-bond donors (Lipinski definition) is 1. The van der Waals surface area contributed by atoms with E-state index in [0.29, 0.717) is 17.2 Å². The maximum atomic E-state index is 13.2. The number of nitrogens with zero attached hydrogens (tertiary/aromatic N) is 4. The summed E-state index contributed by atoms with van der Waals surface area (Å²) < 4.78 is 10.5. The topological polar surface area (TPSA) is 113 Å². The van der Waals surface area contributed by atoms with Crippen molar-refractivity contribution in [1.82, 2.24) is 5.01 Å². The average molecular weight is 451 g/mol. The highest BCUT2D eigenvalue weighted by molar-refractivity contribution is 6.25. The number of benzene rings is 2. The number of methoxy groups -OCH3 is 2. The van der Waals surface area contributed by atoms with Gasteiger partial charge in [0.15, 0.2) is 23.6 Å². The van der Waals surface area contributed by atoms with Crippen LogP contribution in [0.3, 0.4) is 0 Å². The highest BCUT2D eigenvalue weighted by atomic mass is 16.5. The first kappa shape index (κ1) is 22.3. The number of carbonyl (C=O) groups is 3. The fourth-order valence-corrected chi connectivity index (χ4v) is 4.10. The Hall–Kier alpha value is -3.95. The molecule has 0 unspecified atom stereocenters. The fourth-order valence-electron chi connectivity index (χ4n) is 4.10. The number of carbonyl (C=O) groups excluding carboxylic acids is 3. The molecule has 2 aromatic carbocycles. The van der Waals surface area contributed by atoms with E-state index in [0.717, 1.165) is 28.1 Å². The van der Waals surface area contributed by atoms with Gasteiger partial charge in [-0.05, 0) is 36.6 Å². The lowest BCUT2D eigenvalue weighted by molar-refractivity contribution is -0.123. The van der Waals surface area contributed by atoms with Gasteiger partial charge in [-0.1, -0.05) is 30.3 Å². The molecule has 2 aliphatic rings. The van der Waals surface area contributed by atoms with Crippen molar-refractivity contribution in [3.8, 4) is 11.5 Å². The normalized spacial score (nSPS) is 19.2. The number of hydrogen-bond acceptors (Lipinski definition) is 8. The number of para-hydroxylation sites is 1. The van der Waals surface area contributed by atoms with Crippen LogP contribution >= 0.6 is 0 Å². The number of anilines is 2. The summed E-state index contributed by atoms with van der Waals surface area (Å²) in [5, 5.41) is 12.1. The van der Waals surface area contributed by atoms with Gasteiger partial charge in [0.25, 0.3) is 11.8 Å². The zero-order chi connectivity index (χ0) is 23.7. The average Bonchev–Trinajstić information content (AvgIpc) is 3.33. The number of imide groups is 1. The van der Waals surface area contributed by atoms with E-state index in [1.807, 2.05) is 32.0 Å². The summed E-state index contributed by atoms with van der Waals surface area (Å²) in [6, 6.07) is 8.60. The lowest BCUT2D eigenvalue weighted by atomic mass is 10.1. The molecule has 2 aromatic rings. The maximum absolute atomic E-state index is 13.2. The van der Waals surface area contributed by atoms with Gasteiger partial charge in [-0.25, -0.2) is 4.90 Å². The summed E-state index contributed by atoms with van der Waals surface area (Å²) in [5.41, 5.74) is 3.04. The van der Waals surface area contributed by atoms with E-state index in [1.54, 1.807) is 18.2 Å². The lowest BCUT2D eigenvalue weighted by Gasteiger charge is -2.21. The summed E-state index contributed by atoms with van der Waals surface area (Å²) in [7, 11) is 2.97. The molecule has 1 N–H and O–H groups in total. The van der Waals surface area contributed by atoms with Crippen molar-refractivity contribution < 1.29 is 23.9 Å². The van der Waals surface area contributed by atoms with Crippen LogP contribution < -0.4 is 19.7 Å². The number of rotatable bonds is 7. The molecular formula is C23H25N5O5. The molecule has 172 valence electrons. The highest BCUT2D eigenvalue weighted by Gasteiger charge is 2.55. The predicted octanol–water partition coefficient (Wildman–Crippen LogP) is 2.51. The minimum absolute atomic E-state index is 0.207. The van der Waals surface area contributed by atoms with E-state index in [2.05, 4.69) is 15.7 Å². The monoisotopic (exact) mass is 451 g/mol. The first-order valence-corrected chi connectivity index (χ1v) is 10.5. The smallest absolute Gasteiger partial charge is 0.263 e. The van der Waals surface area contributed by atoms with Crippen LogP contribution in [0, 0.1) is 6.92 Å². The maximum Gasteiger partial charge on any atom is 0.263 e. The summed E-state index contributed by atoms with van der Waals surface area (Å²) in [5.74, 6) is -0.490. The molecule has 4 rings (SSSR count). The minimum atomic E-state index is -0.997. The van der Waals surface area contributed by atoms with Gasteiger partial charge in [0.05, 0.1) is 19.9 Å². The summed E-state index contributed by atoms with van der Waals surface area (Å²) >= 11 is 0. The van der Waals surface area contributed by atoms with Crippen LogP contribution in [0.1, 0.15) is 18.1 Å². The van der Waals surface area contributed by atoms with Gasteiger partial charge < -0.3 is 14.8 Å². The van der Waals surface area contributed by atoms with Crippen LogP contribution in [0.2, 0.25) is 0 Å². The molecule has 10 nitrogen and oxygen atoms in total. The van der Waals surface area contributed by atoms with E-state index in [1.165, 1.54) is 19.2 Å². The number of aryl methyl sites for hydroxylation is 2. The first-order chi connectivity index (χ1) is 15.9. The van der Waals surface area contributed by atoms with Crippen molar-refractivity contribution in [2.75, 3.05) is 31.0 Å². The van der Waals surface area contributed by atoms with Crippen LogP contribution in [-0.4, -0.2) is 55.6 Å². The van der Waals surface area contributed by atoms with Crippen LogP contribution in [0.25, 0.3) is 0 Å². The molecule has 2 heterocycles. The third kappa shape index (κ3) is 3.88. The van der Waals surface area contributed by atoms with E-state index in [4.69, 9.17) is 9.47 Å². The molecule has 2 atom stereocenters. The zero-order valence-electron chi connectivity index (χ0n) is 18.9. The second kappa shape index (κ2) is 8.89. The number of nitrogens with one attached hydrogen (secondary N) is 1. The zero-order valence-corrected chi connectivity index (χ0v) is 18.9. The van der Waals surface area contributed by atoms with Crippen LogP contribution in [0.4, 0.5) is 11.4 Å². The molecule has 0 spiro atoms. The van der Waals surface area contributed by atoms with Gasteiger partial charge in [0.1, 0.15) is 6.54 Å². The van der Waals surface area contributed by atoms with Gasteiger partial charge >= 0.3 is 0 Å². The Kier molecular flexibility index (Phi) is 5.99. The van der Waals surface area contributed by atoms with Gasteiger partial charge in [-0.2, -0.15) is 5.11 Å². The second-order valence-electron chi connectivity index (χ2n) is 7.75. The van der Waals surface area contributed by atoms with E-state index in [-0.39, 0.29) is 12.5 Å². The first-order valence-electron chi connectivity index (χ1n) is 10.5. The second-order valence-corrected chi connectivity index (χ2v) is 7.75. The van der Waals surface area contributed by atoms with E-state index in [9.17, 15) is 14.4 Å². The summed E-state index contributed by atoms with van der Waals surface area (Å²) in [6.45, 7) is 3.72. The number of amides is 3. The van der Waals surface area contributed by atoms with Crippen molar-refractivity contribution in [2.45, 2.75) is 32.4 Å². The summed E-state index contributed by atoms with van der Waals surface area (Å²) in [4.78, 5) is 40.0. The molecule has 2 aliphatic heterocycles. The van der Waals surface area contributed by atoms with Crippen LogP contribution in [0.15, 0.2) is 46.7 Å². The summed E-state index contributed by atoms with van der Waals surface area (Å²) in [6.07, 6.45) is 0.763.